The minimum absolute atomic E-state index is 0.139. The van der Waals surface area contributed by atoms with E-state index >= 15 is 0 Å². The second-order valence-corrected chi connectivity index (χ2v) is 10.9. The number of hydrogen-bond donors (Lipinski definition) is 4. The highest BCUT2D eigenvalue weighted by Gasteiger charge is 2.25. The fraction of sp³-hybridized carbons (Fsp3) is 0.393. The molecular formula is C28H33N7OS. The Morgan fingerprint density at radius 3 is 2.57 bits per heavy atom. The largest absolute Gasteiger partial charge is 0.365 e. The molecule has 9 heteroatoms. The van der Waals surface area contributed by atoms with Gasteiger partial charge in [-0.25, -0.2) is 4.98 Å². The van der Waals surface area contributed by atoms with E-state index in [0.29, 0.717) is 28.4 Å². The molecule has 37 heavy (non-hydrogen) atoms. The van der Waals surface area contributed by atoms with Crippen LogP contribution in [0.3, 0.4) is 0 Å². The molecule has 1 atom stereocenters. The van der Waals surface area contributed by atoms with E-state index in [1.165, 1.54) is 16.9 Å². The summed E-state index contributed by atoms with van der Waals surface area (Å²) in [5.41, 5.74) is 2.60. The molecule has 2 saturated heterocycles. The number of nitrogens with zero attached hydrogens (tertiary/aromatic N) is 3. The van der Waals surface area contributed by atoms with E-state index in [4.69, 9.17) is 9.97 Å². The van der Waals surface area contributed by atoms with Gasteiger partial charge in [0.1, 0.15) is 16.4 Å². The molecule has 0 saturated carbocycles. The first-order valence-corrected chi connectivity index (χ1v) is 14.0. The molecule has 0 radical (unpaired) electrons. The highest BCUT2D eigenvalue weighted by Crippen LogP contribution is 2.33. The predicted octanol–water partition coefficient (Wildman–Crippen LogP) is 3.97. The molecule has 0 bridgehead atoms. The van der Waals surface area contributed by atoms with Crippen molar-refractivity contribution in [1.29, 1.82) is 0 Å². The van der Waals surface area contributed by atoms with E-state index in [9.17, 15) is 4.79 Å². The van der Waals surface area contributed by atoms with Gasteiger partial charge in [0.05, 0.1) is 10.2 Å². The number of benzene rings is 2. The third-order valence-electron chi connectivity index (χ3n) is 7.28. The molecule has 0 aliphatic carbocycles. The van der Waals surface area contributed by atoms with Crippen LogP contribution in [-0.4, -0.2) is 53.2 Å². The minimum atomic E-state index is -0.139. The van der Waals surface area contributed by atoms with E-state index in [0.717, 1.165) is 68.6 Å². The maximum absolute atomic E-state index is 13.5. The lowest BCUT2D eigenvalue weighted by Gasteiger charge is -2.33. The van der Waals surface area contributed by atoms with E-state index in [1.54, 1.807) is 0 Å². The van der Waals surface area contributed by atoms with Crippen LogP contribution in [0, 0.1) is 0 Å². The third kappa shape index (κ3) is 5.53. The summed E-state index contributed by atoms with van der Waals surface area (Å²) in [6.07, 6.45) is 4.17. The van der Waals surface area contributed by atoms with E-state index in [1.807, 2.05) is 30.3 Å². The summed E-state index contributed by atoms with van der Waals surface area (Å²) in [5, 5.41) is 11.4. The first-order valence-electron chi connectivity index (χ1n) is 13.2. The third-order valence-corrected chi connectivity index (χ3v) is 8.34. The molecule has 2 aromatic heterocycles. The normalized spacial score (nSPS) is 18.8. The second-order valence-electron chi connectivity index (χ2n) is 9.92. The van der Waals surface area contributed by atoms with Gasteiger partial charge >= 0.3 is 0 Å². The molecule has 4 N–H and O–H groups in total. The topological polar surface area (TPSA) is 98.0 Å². The Labute approximate surface area is 220 Å². The SMILES string of the molecule is O=c1[nH]c(N2CCC(NCc3ccccc3)CC2)nc(N[C@@H]2CCCNC2)c1-c1nc2ccccc2s1. The molecule has 2 aromatic carbocycles. The molecule has 0 amide bonds. The summed E-state index contributed by atoms with van der Waals surface area (Å²) in [7, 11) is 0. The van der Waals surface area contributed by atoms with Crippen LogP contribution in [0.25, 0.3) is 20.8 Å². The van der Waals surface area contributed by atoms with Gasteiger partial charge in [0.15, 0.2) is 0 Å². The summed E-state index contributed by atoms with van der Waals surface area (Å²) in [6.45, 7) is 4.47. The summed E-state index contributed by atoms with van der Waals surface area (Å²) < 4.78 is 1.07. The van der Waals surface area contributed by atoms with Gasteiger partial charge in [-0.15, -0.1) is 11.3 Å². The number of hydrogen-bond acceptors (Lipinski definition) is 8. The number of nitrogens with one attached hydrogen (secondary N) is 4. The van der Waals surface area contributed by atoms with Gasteiger partial charge in [-0.2, -0.15) is 4.98 Å². The number of rotatable bonds is 7. The molecule has 2 aliphatic heterocycles. The van der Waals surface area contributed by atoms with Crippen molar-refractivity contribution in [3.63, 3.8) is 0 Å². The zero-order valence-corrected chi connectivity index (χ0v) is 21.7. The van der Waals surface area contributed by atoms with Gasteiger partial charge in [-0.1, -0.05) is 42.5 Å². The van der Waals surface area contributed by atoms with Crippen molar-refractivity contribution in [2.45, 2.75) is 44.3 Å². The number of aromatic nitrogens is 3. The lowest BCUT2D eigenvalue weighted by atomic mass is 10.0. The predicted molar refractivity (Wildman–Crippen MR) is 152 cm³/mol. The lowest BCUT2D eigenvalue weighted by molar-refractivity contribution is 0.411. The van der Waals surface area contributed by atoms with Crippen LogP contribution in [0.1, 0.15) is 31.2 Å². The van der Waals surface area contributed by atoms with Crippen molar-refractivity contribution >= 4 is 33.3 Å². The fourth-order valence-electron chi connectivity index (χ4n) is 5.21. The first-order chi connectivity index (χ1) is 18.2. The van der Waals surface area contributed by atoms with Gasteiger partial charge in [-0.05, 0) is 49.9 Å². The van der Waals surface area contributed by atoms with E-state index in [2.05, 4.69) is 50.1 Å². The number of anilines is 2. The van der Waals surface area contributed by atoms with E-state index in [-0.39, 0.29) is 11.6 Å². The monoisotopic (exact) mass is 515 g/mol. The van der Waals surface area contributed by atoms with Gasteiger partial charge in [0.2, 0.25) is 5.95 Å². The molecule has 192 valence electrons. The zero-order valence-electron chi connectivity index (χ0n) is 20.9. The second kappa shape index (κ2) is 11.0. The van der Waals surface area contributed by atoms with Crippen LogP contribution in [0.15, 0.2) is 59.4 Å². The van der Waals surface area contributed by atoms with Gasteiger partial charge < -0.3 is 20.9 Å². The number of aromatic amines is 1. The van der Waals surface area contributed by atoms with Crippen molar-refractivity contribution in [3.05, 3.63) is 70.5 Å². The van der Waals surface area contributed by atoms with Crippen molar-refractivity contribution in [1.82, 2.24) is 25.6 Å². The Balaban J connectivity index is 1.23. The number of thiazole rings is 1. The molecule has 8 nitrogen and oxygen atoms in total. The van der Waals surface area contributed by atoms with Gasteiger partial charge in [0.25, 0.3) is 5.56 Å². The van der Waals surface area contributed by atoms with Gasteiger partial charge in [0, 0.05) is 38.3 Å². The maximum atomic E-state index is 13.5. The van der Waals surface area contributed by atoms with Crippen molar-refractivity contribution in [3.8, 4) is 10.6 Å². The summed E-state index contributed by atoms with van der Waals surface area (Å²) in [5.74, 6) is 1.28. The van der Waals surface area contributed by atoms with Crippen LogP contribution in [0.4, 0.5) is 11.8 Å². The smallest absolute Gasteiger partial charge is 0.264 e. The summed E-state index contributed by atoms with van der Waals surface area (Å²) >= 11 is 1.54. The standard InChI is InChI=1S/C28H33N7OS/c36-26-24(27-32-22-10-4-5-11-23(22)37-27)25(31-21-9-6-14-29-18-21)33-28(34-26)35-15-12-20(13-16-35)30-17-19-7-2-1-3-8-19/h1-5,7-8,10-11,20-21,29-30H,6,9,12-18H2,(H2,31,33,34,36)/t21-/m1/s1. The van der Waals surface area contributed by atoms with Gasteiger partial charge in [-0.3, -0.25) is 9.78 Å². The maximum Gasteiger partial charge on any atom is 0.264 e. The summed E-state index contributed by atoms with van der Waals surface area (Å²) in [6, 6.07) is 19.2. The average molecular weight is 516 g/mol. The first kappa shape index (κ1) is 24.1. The number of para-hydroxylation sites is 1. The number of H-pyrrole nitrogens is 1. The average Bonchev–Trinajstić information content (AvgIpc) is 3.37. The Morgan fingerprint density at radius 2 is 1.78 bits per heavy atom. The molecule has 0 unspecified atom stereocenters. The molecular weight excluding hydrogens is 482 g/mol. The Morgan fingerprint density at radius 1 is 0.973 bits per heavy atom. The van der Waals surface area contributed by atoms with Crippen LogP contribution in [0.5, 0.6) is 0 Å². The zero-order chi connectivity index (χ0) is 25.0. The highest BCUT2D eigenvalue weighted by molar-refractivity contribution is 7.21. The Hall–Kier alpha value is -3.27. The van der Waals surface area contributed by atoms with Crippen LogP contribution in [0.2, 0.25) is 0 Å². The van der Waals surface area contributed by atoms with Crippen LogP contribution >= 0.6 is 11.3 Å². The molecule has 2 fully saturated rings. The number of piperidine rings is 2. The molecule has 4 aromatic rings. The van der Waals surface area contributed by atoms with Crippen molar-refractivity contribution in [2.75, 3.05) is 36.4 Å². The minimum Gasteiger partial charge on any atom is -0.365 e. The fourth-order valence-corrected chi connectivity index (χ4v) is 6.22. The lowest BCUT2D eigenvalue weighted by Crippen LogP contribution is -2.43. The molecule has 6 rings (SSSR count). The highest BCUT2D eigenvalue weighted by atomic mass is 32.1. The Bertz CT molecular complexity index is 1360. The van der Waals surface area contributed by atoms with Crippen LogP contribution in [-0.2, 0) is 6.54 Å². The van der Waals surface area contributed by atoms with E-state index < -0.39 is 0 Å². The number of fused-ring (bicyclic) bond motifs is 1. The van der Waals surface area contributed by atoms with Crippen LogP contribution < -0.4 is 26.4 Å². The van der Waals surface area contributed by atoms with Crippen molar-refractivity contribution < 1.29 is 0 Å². The quantitative estimate of drug-likeness (QED) is 0.296. The molecule has 0 spiro atoms. The summed E-state index contributed by atoms with van der Waals surface area (Å²) in [4.78, 5) is 28.6. The van der Waals surface area contributed by atoms with Crippen molar-refractivity contribution in [2.24, 2.45) is 0 Å². The molecule has 2 aliphatic rings. The molecule has 4 heterocycles. The Kier molecular flexibility index (Phi) is 7.16.